The molecule has 0 spiro atoms. The van der Waals surface area contributed by atoms with Crippen LogP contribution in [-0.4, -0.2) is 30.5 Å². The summed E-state index contributed by atoms with van der Waals surface area (Å²) < 4.78 is 28.2. The summed E-state index contributed by atoms with van der Waals surface area (Å²) in [6.07, 6.45) is 5.79. The van der Waals surface area contributed by atoms with Crippen molar-refractivity contribution in [2.75, 3.05) is 0 Å². The highest BCUT2D eigenvalue weighted by Gasteiger charge is 2.33. The second-order valence-corrected chi connectivity index (χ2v) is 7.58. The molecule has 3 rings (SSSR count). The molecule has 2 aromatic rings. The smallest absolute Gasteiger partial charge is 0.308 e. The lowest BCUT2D eigenvalue weighted by atomic mass is 9.90. The molecule has 1 aliphatic carbocycles. The molecule has 6 nitrogen and oxygen atoms in total. The fraction of sp³-hybridized carbons (Fsp3) is 0.294. The summed E-state index contributed by atoms with van der Waals surface area (Å²) in [4.78, 5) is 15.6. The van der Waals surface area contributed by atoms with Gasteiger partial charge >= 0.3 is 5.97 Å². The number of carboxylic acids is 1. The molecule has 1 aromatic carbocycles. The normalized spacial score (nSPS) is 21.0. The van der Waals surface area contributed by atoms with E-state index < -0.39 is 28.0 Å². The number of allylic oxidation sites excluding steroid dienone is 1. The third-order valence-electron chi connectivity index (χ3n) is 4.30. The lowest BCUT2D eigenvalue weighted by Gasteiger charge is -2.26. The van der Waals surface area contributed by atoms with Gasteiger partial charge in [-0.05, 0) is 37.5 Å². The van der Waals surface area contributed by atoms with E-state index in [-0.39, 0.29) is 4.90 Å². The van der Waals surface area contributed by atoms with Crippen molar-refractivity contribution in [3.05, 3.63) is 48.2 Å². The molecule has 0 amide bonds. The molecule has 24 heavy (non-hydrogen) atoms. The zero-order valence-electron chi connectivity index (χ0n) is 13.1. The van der Waals surface area contributed by atoms with Crippen LogP contribution in [-0.2, 0) is 14.8 Å². The Labute approximate surface area is 140 Å². The van der Waals surface area contributed by atoms with E-state index in [9.17, 15) is 18.3 Å². The number of rotatable bonds is 4. The molecule has 0 fully saturated rings. The van der Waals surface area contributed by atoms with Crippen LogP contribution in [0.5, 0.6) is 0 Å². The van der Waals surface area contributed by atoms with Gasteiger partial charge < -0.3 is 5.11 Å². The molecule has 0 bridgehead atoms. The van der Waals surface area contributed by atoms with Crippen LogP contribution >= 0.6 is 0 Å². The van der Waals surface area contributed by atoms with Gasteiger partial charge in [0.25, 0.3) is 0 Å². The molecule has 2 atom stereocenters. The highest BCUT2D eigenvalue weighted by atomic mass is 32.2. The summed E-state index contributed by atoms with van der Waals surface area (Å²) in [7, 11) is -3.88. The highest BCUT2D eigenvalue weighted by molar-refractivity contribution is 7.89. The number of aromatic nitrogens is 1. The van der Waals surface area contributed by atoms with Crippen molar-refractivity contribution in [1.82, 2.24) is 9.71 Å². The number of aliphatic carboxylic acids is 1. The Balaban J connectivity index is 2.01. The summed E-state index contributed by atoms with van der Waals surface area (Å²) in [5, 5.41) is 10.1. The number of pyridine rings is 1. The van der Waals surface area contributed by atoms with E-state index in [1.165, 1.54) is 6.07 Å². The van der Waals surface area contributed by atoms with Gasteiger partial charge in [-0.1, -0.05) is 24.3 Å². The van der Waals surface area contributed by atoms with Crippen molar-refractivity contribution in [3.8, 4) is 0 Å². The van der Waals surface area contributed by atoms with E-state index >= 15 is 0 Å². The number of hydrogen-bond acceptors (Lipinski definition) is 4. The first-order valence-corrected chi connectivity index (χ1v) is 9.13. The van der Waals surface area contributed by atoms with Crippen molar-refractivity contribution in [3.63, 3.8) is 0 Å². The number of hydrogen-bond donors (Lipinski definition) is 2. The van der Waals surface area contributed by atoms with Gasteiger partial charge in [0.2, 0.25) is 10.0 Å². The Morgan fingerprint density at radius 2 is 2.00 bits per heavy atom. The van der Waals surface area contributed by atoms with Crippen molar-refractivity contribution in [1.29, 1.82) is 0 Å². The molecule has 1 aliphatic rings. The van der Waals surface area contributed by atoms with E-state index in [0.717, 1.165) is 10.9 Å². The third-order valence-corrected chi connectivity index (χ3v) is 5.82. The number of carbonyl (C=O) groups is 1. The maximum atomic E-state index is 12.8. The van der Waals surface area contributed by atoms with Gasteiger partial charge in [0.05, 0.1) is 11.4 Å². The molecule has 2 N–H and O–H groups in total. The van der Waals surface area contributed by atoms with E-state index in [0.29, 0.717) is 18.4 Å². The fourth-order valence-electron chi connectivity index (χ4n) is 2.99. The molecular weight excluding hydrogens is 328 g/mol. The lowest BCUT2D eigenvalue weighted by Crippen LogP contribution is -2.44. The minimum absolute atomic E-state index is 0.0717. The van der Waals surface area contributed by atoms with Gasteiger partial charge in [-0.25, -0.2) is 13.1 Å². The third kappa shape index (κ3) is 3.05. The second kappa shape index (κ2) is 6.33. The standard InChI is InChI=1S/C17H18N2O4S/c1-11-8-9-15(16-12(11)6-4-10-18-16)24(22,23)19-14-7-3-2-5-13(14)17(20)21/h2-4,6,8-10,13-14,19H,5,7H2,1H3,(H,20,21)/t13-,14+/m0/s1. The molecule has 0 unspecified atom stereocenters. The number of benzene rings is 1. The van der Waals surface area contributed by atoms with E-state index in [2.05, 4.69) is 9.71 Å². The Hall–Kier alpha value is -2.25. The molecule has 7 heteroatoms. The highest BCUT2D eigenvalue weighted by Crippen LogP contribution is 2.26. The molecule has 126 valence electrons. The number of carboxylic acid groups (broad SMARTS) is 1. The summed E-state index contributed by atoms with van der Waals surface area (Å²) >= 11 is 0. The molecule has 1 aromatic heterocycles. The van der Waals surface area contributed by atoms with Gasteiger partial charge in [0.15, 0.2) is 0 Å². The van der Waals surface area contributed by atoms with Crippen LogP contribution in [0.2, 0.25) is 0 Å². The van der Waals surface area contributed by atoms with Crippen molar-refractivity contribution >= 4 is 26.9 Å². The van der Waals surface area contributed by atoms with Gasteiger partial charge in [0.1, 0.15) is 4.90 Å². The largest absolute Gasteiger partial charge is 0.481 e. The van der Waals surface area contributed by atoms with E-state index in [1.54, 1.807) is 30.5 Å². The first kappa shape index (κ1) is 16.6. The van der Waals surface area contributed by atoms with E-state index in [4.69, 9.17) is 0 Å². The van der Waals surface area contributed by atoms with Crippen LogP contribution in [0.15, 0.2) is 47.5 Å². The zero-order chi connectivity index (χ0) is 17.3. The first-order valence-electron chi connectivity index (χ1n) is 7.64. The van der Waals surface area contributed by atoms with E-state index in [1.807, 2.05) is 13.0 Å². The van der Waals surface area contributed by atoms with Gasteiger partial charge in [-0.15, -0.1) is 0 Å². The SMILES string of the molecule is Cc1ccc(S(=O)(=O)N[C@@H]2CC=CC[C@@H]2C(=O)O)c2ncccc12. The molecule has 0 saturated heterocycles. The van der Waals surface area contributed by atoms with Crippen LogP contribution in [0.3, 0.4) is 0 Å². The van der Waals surface area contributed by atoms with Crippen molar-refractivity contribution in [2.45, 2.75) is 30.7 Å². The minimum Gasteiger partial charge on any atom is -0.481 e. The van der Waals surface area contributed by atoms with Gasteiger partial charge in [-0.3, -0.25) is 9.78 Å². The summed E-state index contributed by atoms with van der Waals surface area (Å²) in [6.45, 7) is 1.89. The Kier molecular flexibility index (Phi) is 4.38. The summed E-state index contributed by atoms with van der Waals surface area (Å²) in [6, 6.07) is 6.15. The number of sulfonamides is 1. The van der Waals surface area contributed by atoms with Crippen LogP contribution < -0.4 is 4.72 Å². The fourth-order valence-corrected chi connectivity index (χ4v) is 4.44. The predicted octanol–water partition coefficient (Wildman–Crippen LogP) is 2.24. The average molecular weight is 346 g/mol. The zero-order valence-corrected chi connectivity index (χ0v) is 14.0. The summed E-state index contributed by atoms with van der Waals surface area (Å²) in [5.74, 6) is -1.77. The van der Waals surface area contributed by atoms with Crippen molar-refractivity contribution in [2.24, 2.45) is 5.92 Å². The molecular formula is C17H18N2O4S. The van der Waals surface area contributed by atoms with Gasteiger partial charge in [0, 0.05) is 17.6 Å². The average Bonchev–Trinajstić information content (AvgIpc) is 2.55. The maximum Gasteiger partial charge on any atom is 0.308 e. The number of aryl methyl sites for hydroxylation is 1. The Morgan fingerprint density at radius 3 is 2.75 bits per heavy atom. The second-order valence-electron chi connectivity index (χ2n) is 5.90. The van der Waals surface area contributed by atoms with Crippen molar-refractivity contribution < 1.29 is 18.3 Å². The quantitative estimate of drug-likeness (QED) is 0.828. The number of nitrogens with one attached hydrogen (secondary N) is 1. The number of fused-ring (bicyclic) bond motifs is 1. The van der Waals surface area contributed by atoms with Gasteiger partial charge in [-0.2, -0.15) is 0 Å². The van der Waals surface area contributed by atoms with Crippen LogP contribution in [0.1, 0.15) is 18.4 Å². The molecule has 0 saturated carbocycles. The summed E-state index contributed by atoms with van der Waals surface area (Å²) in [5.41, 5.74) is 1.32. The predicted molar refractivity (Wildman–Crippen MR) is 90.1 cm³/mol. The molecule has 1 heterocycles. The lowest BCUT2D eigenvalue weighted by molar-refractivity contribution is -0.142. The topological polar surface area (TPSA) is 96.4 Å². The Morgan fingerprint density at radius 1 is 1.25 bits per heavy atom. The maximum absolute atomic E-state index is 12.8. The number of nitrogens with zero attached hydrogens (tertiary/aromatic N) is 1. The Bertz CT molecular complexity index is 921. The van der Waals surface area contributed by atoms with Crippen LogP contribution in [0.25, 0.3) is 10.9 Å². The first-order chi connectivity index (χ1) is 11.4. The molecule has 0 aliphatic heterocycles. The van der Waals surface area contributed by atoms with Crippen LogP contribution in [0.4, 0.5) is 0 Å². The molecule has 0 radical (unpaired) electrons. The monoisotopic (exact) mass is 346 g/mol. The van der Waals surface area contributed by atoms with Crippen LogP contribution in [0, 0.1) is 12.8 Å². The minimum atomic E-state index is -3.88.